The summed E-state index contributed by atoms with van der Waals surface area (Å²) < 4.78 is 0. The van der Waals surface area contributed by atoms with Crippen molar-refractivity contribution < 1.29 is 14.4 Å². The van der Waals surface area contributed by atoms with Crippen molar-refractivity contribution in [2.24, 2.45) is 5.92 Å². The standard InChI is InChI=1S/C21H30ClN3O3/c1-5-8-18(26)23-19(14(2)3)21(28)24-11-12-25(15(4)13-24)20(27)16-9-6-7-10-17(16)22/h6-7,9-10,14-15,19H,5,8,11-13H2,1-4H3,(H,23,26). The van der Waals surface area contributed by atoms with Gasteiger partial charge in [-0.25, -0.2) is 0 Å². The Morgan fingerprint density at radius 1 is 1.21 bits per heavy atom. The molecule has 2 atom stereocenters. The highest BCUT2D eigenvalue weighted by Crippen LogP contribution is 2.21. The van der Waals surface area contributed by atoms with E-state index in [0.717, 1.165) is 6.42 Å². The maximum Gasteiger partial charge on any atom is 0.255 e. The molecule has 1 heterocycles. The van der Waals surface area contributed by atoms with Crippen LogP contribution in [0.25, 0.3) is 0 Å². The topological polar surface area (TPSA) is 69.7 Å². The molecular formula is C21H30ClN3O3. The highest BCUT2D eigenvalue weighted by molar-refractivity contribution is 6.33. The molecule has 0 bridgehead atoms. The van der Waals surface area contributed by atoms with Gasteiger partial charge in [-0.2, -0.15) is 0 Å². The van der Waals surface area contributed by atoms with Crippen molar-refractivity contribution in [2.75, 3.05) is 19.6 Å². The molecule has 1 N–H and O–H groups in total. The average Bonchev–Trinajstić information content (AvgIpc) is 2.65. The number of rotatable bonds is 6. The molecule has 1 fully saturated rings. The first-order valence-corrected chi connectivity index (χ1v) is 10.3. The molecule has 3 amide bonds. The predicted molar refractivity (Wildman–Crippen MR) is 110 cm³/mol. The largest absolute Gasteiger partial charge is 0.344 e. The molecule has 0 saturated carbocycles. The molecule has 6 nitrogen and oxygen atoms in total. The van der Waals surface area contributed by atoms with Crippen molar-refractivity contribution in [3.8, 4) is 0 Å². The first-order chi connectivity index (χ1) is 13.3. The second-order valence-electron chi connectivity index (χ2n) is 7.65. The summed E-state index contributed by atoms with van der Waals surface area (Å²) in [6.07, 6.45) is 1.15. The average molecular weight is 408 g/mol. The quantitative estimate of drug-likeness (QED) is 0.788. The van der Waals surface area contributed by atoms with Crippen LogP contribution in [0.2, 0.25) is 5.02 Å². The van der Waals surface area contributed by atoms with E-state index in [1.807, 2.05) is 27.7 Å². The zero-order valence-electron chi connectivity index (χ0n) is 17.1. The predicted octanol–water partition coefficient (Wildman–Crippen LogP) is 2.95. The van der Waals surface area contributed by atoms with Gasteiger partial charge in [0.1, 0.15) is 6.04 Å². The van der Waals surface area contributed by atoms with Crippen LogP contribution in [0, 0.1) is 5.92 Å². The normalized spacial score (nSPS) is 18.1. The number of hydrogen-bond donors (Lipinski definition) is 1. The smallest absolute Gasteiger partial charge is 0.255 e. The number of benzene rings is 1. The molecule has 154 valence electrons. The van der Waals surface area contributed by atoms with Crippen LogP contribution in [0.4, 0.5) is 0 Å². The van der Waals surface area contributed by atoms with Gasteiger partial charge in [-0.3, -0.25) is 14.4 Å². The van der Waals surface area contributed by atoms with Gasteiger partial charge in [0.05, 0.1) is 10.6 Å². The lowest BCUT2D eigenvalue weighted by molar-refractivity contribution is -0.139. The Morgan fingerprint density at radius 3 is 2.46 bits per heavy atom. The second kappa shape index (κ2) is 9.92. The molecule has 1 aliphatic rings. The number of carbonyl (C=O) groups is 3. The van der Waals surface area contributed by atoms with Gasteiger partial charge < -0.3 is 15.1 Å². The van der Waals surface area contributed by atoms with Crippen molar-refractivity contribution in [3.63, 3.8) is 0 Å². The van der Waals surface area contributed by atoms with Gasteiger partial charge in [0.25, 0.3) is 5.91 Å². The number of nitrogens with zero attached hydrogens (tertiary/aromatic N) is 2. The maximum atomic E-state index is 13.0. The number of nitrogens with one attached hydrogen (secondary N) is 1. The van der Waals surface area contributed by atoms with E-state index in [0.29, 0.717) is 36.6 Å². The summed E-state index contributed by atoms with van der Waals surface area (Å²) in [6, 6.07) is 6.31. The third kappa shape index (κ3) is 5.25. The number of halogens is 1. The van der Waals surface area contributed by atoms with Gasteiger partial charge >= 0.3 is 0 Å². The summed E-state index contributed by atoms with van der Waals surface area (Å²) in [7, 11) is 0. The maximum absolute atomic E-state index is 13.0. The summed E-state index contributed by atoms with van der Waals surface area (Å²) in [6.45, 7) is 9.01. The van der Waals surface area contributed by atoms with Gasteiger partial charge in [-0.15, -0.1) is 0 Å². The Kier molecular flexibility index (Phi) is 7.87. The summed E-state index contributed by atoms with van der Waals surface area (Å²) in [4.78, 5) is 41.4. The Labute approximate surface area is 172 Å². The van der Waals surface area contributed by atoms with Crippen LogP contribution in [0.3, 0.4) is 0 Å². The minimum Gasteiger partial charge on any atom is -0.344 e. The molecule has 28 heavy (non-hydrogen) atoms. The molecule has 0 aliphatic carbocycles. The van der Waals surface area contributed by atoms with Gasteiger partial charge in [-0.05, 0) is 31.4 Å². The van der Waals surface area contributed by atoms with E-state index in [1.54, 1.807) is 34.1 Å². The Bertz CT molecular complexity index is 723. The van der Waals surface area contributed by atoms with Crippen molar-refractivity contribution in [1.29, 1.82) is 0 Å². The lowest BCUT2D eigenvalue weighted by Crippen LogP contribution is -2.59. The van der Waals surface area contributed by atoms with Gasteiger partial charge in [0.2, 0.25) is 11.8 Å². The SMILES string of the molecule is CCCC(=O)NC(C(=O)N1CCN(C(=O)c2ccccc2Cl)C(C)C1)C(C)C. The third-order valence-corrected chi connectivity index (χ3v) is 5.36. The van der Waals surface area contributed by atoms with E-state index in [1.165, 1.54) is 0 Å². The minimum atomic E-state index is -0.544. The van der Waals surface area contributed by atoms with E-state index >= 15 is 0 Å². The molecule has 2 rings (SSSR count). The number of carbonyl (C=O) groups excluding carboxylic acids is 3. The highest BCUT2D eigenvalue weighted by atomic mass is 35.5. The molecule has 1 aliphatic heterocycles. The highest BCUT2D eigenvalue weighted by Gasteiger charge is 2.35. The lowest BCUT2D eigenvalue weighted by atomic mass is 10.0. The summed E-state index contributed by atoms with van der Waals surface area (Å²) >= 11 is 6.16. The summed E-state index contributed by atoms with van der Waals surface area (Å²) in [5.41, 5.74) is 0.475. The Balaban J connectivity index is 2.05. The molecule has 1 aromatic carbocycles. The van der Waals surface area contributed by atoms with Crippen molar-refractivity contribution in [3.05, 3.63) is 34.9 Å². The molecule has 1 saturated heterocycles. The van der Waals surface area contributed by atoms with Crippen molar-refractivity contribution >= 4 is 29.3 Å². The monoisotopic (exact) mass is 407 g/mol. The molecule has 2 unspecified atom stereocenters. The van der Waals surface area contributed by atoms with Crippen LogP contribution in [0.1, 0.15) is 50.9 Å². The van der Waals surface area contributed by atoms with Crippen LogP contribution in [0.5, 0.6) is 0 Å². The molecular weight excluding hydrogens is 378 g/mol. The minimum absolute atomic E-state index is 0.00796. The van der Waals surface area contributed by atoms with Gasteiger partial charge in [-0.1, -0.05) is 44.5 Å². The molecule has 0 radical (unpaired) electrons. The van der Waals surface area contributed by atoms with E-state index < -0.39 is 6.04 Å². The van der Waals surface area contributed by atoms with Crippen LogP contribution < -0.4 is 5.32 Å². The van der Waals surface area contributed by atoms with Gasteiger partial charge in [0, 0.05) is 32.1 Å². The van der Waals surface area contributed by atoms with E-state index in [4.69, 9.17) is 11.6 Å². The Morgan fingerprint density at radius 2 is 1.89 bits per heavy atom. The first-order valence-electron chi connectivity index (χ1n) is 9.89. The fraction of sp³-hybridized carbons (Fsp3) is 0.571. The van der Waals surface area contributed by atoms with Crippen LogP contribution >= 0.6 is 11.6 Å². The van der Waals surface area contributed by atoms with Crippen LogP contribution in [-0.4, -0.2) is 59.2 Å². The van der Waals surface area contributed by atoms with E-state index in [9.17, 15) is 14.4 Å². The van der Waals surface area contributed by atoms with Crippen LogP contribution in [-0.2, 0) is 9.59 Å². The van der Waals surface area contributed by atoms with Crippen molar-refractivity contribution in [2.45, 2.75) is 52.6 Å². The fourth-order valence-electron chi connectivity index (χ4n) is 3.43. The second-order valence-corrected chi connectivity index (χ2v) is 8.06. The van der Waals surface area contributed by atoms with Crippen LogP contribution in [0.15, 0.2) is 24.3 Å². The molecule has 0 spiro atoms. The number of amides is 3. The summed E-state index contributed by atoms with van der Waals surface area (Å²) in [5.74, 6) is -0.320. The molecule has 7 heteroatoms. The fourth-order valence-corrected chi connectivity index (χ4v) is 3.65. The molecule has 0 aromatic heterocycles. The molecule has 1 aromatic rings. The number of piperazine rings is 1. The van der Waals surface area contributed by atoms with E-state index in [2.05, 4.69) is 5.32 Å². The van der Waals surface area contributed by atoms with Gasteiger partial charge in [0.15, 0.2) is 0 Å². The third-order valence-electron chi connectivity index (χ3n) is 5.03. The first kappa shape index (κ1) is 22.2. The Hall–Kier alpha value is -2.08. The number of hydrogen-bond acceptors (Lipinski definition) is 3. The van der Waals surface area contributed by atoms with E-state index in [-0.39, 0.29) is 29.7 Å². The zero-order valence-corrected chi connectivity index (χ0v) is 17.8. The van der Waals surface area contributed by atoms with Crippen molar-refractivity contribution in [1.82, 2.24) is 15.1 Å². The summed E-state index contributed by atoms with van der Waals surface area (Å²) in [5, 5.41) is 3.30. The lowest BCUT2D eigenvalue weighted by Gasteiger charge is -2.41. The zero-order chi connectivity index (χ0) is 20.8.